The highest BCUT2D eigenvalue weighted by atomic mass is 19.1. The highest BCUT2D eigenvalue weighted by molar-refractivity contribution is 5.25. The van der Waals surface area contributed by atoms with Gasteiger partial charge in [0.1, 0.15) is 11.6 Å². The summed E-state index contributed by atoms with van der Waals surface area (Å²) < 4.78 is 26.5. The van der Waals surface area contributed by atoms with Gasteiger partial charge in [-0.2, -0.15) is 0 Å². The lowest BCUT2D eigenvalue weighted by Crippen LogP contribution is -2.35. The van der Waals surface area contributed by atoms with E-state index in [4.69, 9.17) is 0 Å². The molecule has 0 aromatic heterocycles. The minimum atomic E-state index is -1.08. The van der Waals surface area contributed by atoms with E-state index in [0.29, 0.717) is 24.3 Å². The van der Waals surface area contributed by atoms with Crippen molar-refractivity contribution < 1.29 is 13.9 Å². The molecule has 0 heterocycles. The van der Waals surface area contributed by atoms with E-state index in [9.17, 15) is 13.9 Å². The predicted molar refractivity (Wildman–Crippen MR) is 71.7 cm³/mol. The van der Waals surface area contributed by atoms with Gasteiger partial charge < -0.3 is 5.11 Å². The zero-order valence-electron chi connectivity index (χ0n) is 11.8. The van der Waals surface area contributed by atoms with Crippen LogP contribution in [0.4, 0.5) is 8.78 Å². The monoisotopic (exact) mass is 268 g/mol. The van der Waals surface area contributed by atoms with E-state index >= 15 is 0 Å². The Bertz CT molecular complexity index is 434. The number of benzene rings is 1. The van der Waals surface area contributed by atoms with E-state index in [1.165, 1.54) is 12.1 Å². The van der Waals surface area contributed by atoms with Crippen molar-refractivity contribution in [2.24, 2.45) is 11.3 Å². The van der Waals surface area contributed by atoms with E-state index in [0.717, 1.165) is 18.9 Å². The van der Waals surface area contributed by atoms with Gasteiger partial charge in [0.25, 0.3) is 0 Å². The van der Waals surface area contributed by atoms with Crippen LogP contribution >= 0.6 is 0 Å². The average Bonchev–Trinajstić information content (AvgIpc) is 2.27. The maximum absolute atomic E-state index is 13.3. The molecule has 1 aliphatic rings. The van der Waals surface area contributed by atoms with Gasteiger partial charge in [-0.1, -0.05) is 20.8 Å². The third-order valence-corrected chi connectivity index (χ3v) is 4.44. The maximum atomic E-state index is 13.3. The molecule has 1 nitrogen and oxygen atoms in total. The lowest BCUT2D eigenvalue weighted by molar-refractivity contribution is -0.0302. The van der Waals surface area contributed by atoms with Crippen molar-refractivity contribution in [1.82, 2.24) is 0 Å². The second-order valence-corrected chi connectivity index (χ2v) is 6.83. The zero-order valence-corrected chi connectivity index (χ0v) is 11.8. The maximum Gasteiger partial charge on any atom is 0.126 e. The molecule has 1 fully saturated rings. The van der Waals surface area contributed by atoms with Crippen LogP contribution in [0.1, 0.15) is 52.0 Å². The normalized spacial score (nSPS) is 28.4. The number of hydrogen-bond donors (Lipinski definition) is 1. The Morgan fingerprint density at radius 2 is 1.53 bits per heavy atom. The standard InChI is InChI=1S/C16H22F2O/c1-15(2,3)11-4-6-16(19,7-5-11)12-8-13(17)10-14(18)9-12/h8-11,19H,4-7H2,1-3H3. The molecule has 19 heavy (non-hydrogen) atoms. The first-order valence-corrected chi connectivity index (χ1v) is 6.90. The molecule has 0 aliphatic heterocycles. The summed E-state index contributed by atoms with van der Waals surface area (Å²) in [6, 6.07) is 3.34. The quantitative estimate of drug-likeness (QED) is 0.801. The Morgan fingerprint density at radius 3 is 1.95 bits per heavy atom. The van der Waals surface area contributed by atoms with E-state index in [1.807, 2.05) is 0 Å². The Balaban J connectivity index is 2.18. The first kappa shape index (κ1) is 14.4. The fraction of sp³-hybridized carbons (Fsp3) is 0.625. The third kappa shape index (κ3) is 3.14. The van der Waals surface area contributed by atoms with Crippen molar-refractivity contribution in [3.05, 3.63) is 35.4 Å². The second-order valence-electron chi connectivity index (χ2n) is 6.83. The molecular formula is C16H22F2O. The smallest absolute Gasteiger partial charge is 0.126 e. The summed E-state index contributed by atoms with van der Waals surface area (Å²) in [4.78, 5) is 0. The van der Waals surface area contributed by atoms with Crippen molar-refractivity contribution in [2.45, 2.75) is 52.1 Å². The molecule has 0 spiro atoms. The van der Waals surface area contributed by atoms with Gasteiger partial charge in [0.2, 0.25) is 0 Å². The van der Waals surface area contributed by atoms with Crippen LogP contribution in [0.5, 0.6) is 0 Å². The Kier molecular flexibility index (Phi) is 3.69. The zero-order chi connectivity index (χ0) is 14.3. The molecule has 0 atom stereocenters. The van der Waals surface area contributed by atoms with Gasteiger partial charge in [0.05, 0.1) is 5.60 Å². The summed E-state index contributed by atoms with van der Waals surface area (Å²) in [6.07, 6.45) is 2.91. The summed E-state index contributed by atoms with van der Waals surface area (Å²) in [5, 5.41) is 10.6. The summed E-state index contributed by atoms with van der Waals surface area (Å²) in [6.45, 7) is 6.59. The summed E-state index contributed by atoms with van der Waals surface area (Å²) in [5.41, 5.74) is -0.489. The molecule has 1 saturated carbocycles. The van der Waals surface area contributed by atoms with E-state index < -0.39 is 17.2 Å². The van der Waals surface area contributed by atoms with Crippen LogP contribution in [0.2, 0.25) is 0 Å². The van der Waals surface area contributed by atoms with Gasteiger partial charge in [-0.15, -0.1) is 0 Å². The summed E-state index contributed by atoms with van der Waals surface area (Å²) in [5.74, 6) is -0.700. The molecule has 0 bridgehead atoms. The second kappa shape index (κ2) is 4.86. The summed E-state index contributed by atoms with van der Waals surface area (Å²) in [7, 11) is 0. The van der Waals surface area contributed by atoms with Crippen molar-refractivity contribution >= 4 is 0 Å². The van der Waals surface area contributed by atoms with Crippen molar-refractivity contribution in [3.63, 3.8) is 0 Å². The molecule has 2 rings (SSSR count). The van der Waals surface area contributed by atoms with Crippen molar-refractivity contribution in [2.75, 3.05) is 0 Å². The minimum Gasteiger partial charge on any atom is -0.385 e. The minimum absolute atomic E-state index is 0.217. The first-order valence-electron chi connectivity index (χ1n) is 6.90. The fourth-order valence-electron chi connectivity index (χ4n) is 3.07. The highest BCUT2D eigenvalue weighted by Gasteiger charge is 2.38. The van der Waals surface area contributed by atoms with Crippen LogP contribution in [0, 0.1) is 23.0 Å². The van der Waals surface area contributed by atoms with E-state index in [2.05, 4.69) is 20.8 Å². The molecule has 0 radical (unpaired) electrons. The molecule has 0 unspecified atom stereocenters. The van der Waals surface area contributed by atoms with Crippen LogP contribution in [0.3, 0.4) is 0 Å². The van der Waals surface area contributed by atoms with Crippen LogP contribution in [-0.4, -0.2) is 5.11 Å². The lowest BCUT2D eigenvalue weighted by atomic mass is 9.67. The topological polar surface area (TPSA) is 20.2 Å². The van der Waals surface area contributed by atoms with Crippen molar-refractivity contribution in [3.8, 4) is 0 Å². The third-order valence-electron chi connectivity index (χ3n) is 4.44. The number of rotatable bonds is 1. The van der Waals surface area contributed by atoms with Crippen LogP contribution in [0.15, 0.2) is 18.2 Å². The largest absolute Gasteiger partial charge is 0.385 e. The van der Waals surface area contributed by atoms with Gasteiger partial charge in [0, 0.05) is 6.07 Å². The molecule has 1 aliphatic carbocycles. The van der Waals surface area contributed by atoms with E-state index in [1.54, 1.807) is 0 Å². The number of aliphatic hydroxyl groups is 1. The van der Waals surface area contributed by atoms with E-state index in [-0.39, 0.29) is 5.41 Å². The number of halogens is 2. The number of hydrogen-bond acceptors (Lipinski definition) is 1. The van der Waals surface area contributed by atoms with Crippen LogP contribution in [-0.2, 0) is 5.60 Å². The van der Waals surface area contributed by atoms with Gasteiger partial charge in [-0.3, -0.25) is 0 Å². The first-order chi connectivity index (χ1) is 8.71. The Hall–Kier alpha value is -0.960. The predicted octanol–water partition coefficient (Wildman–Crippen LogP) is 4.39. The SMILES string of the molecule is CC(C)(C)C1CCC(O)(c2cc(F)cc(F)c2)CC1. The Morgan fingerprint density at radius 1 is 1.05 bits per heavy atom. The molecule has 0 saturated heterocycles. The van der Waals surface area contributed by atoms with Gasteiger partial charge >= 0.3 is 0 Å². The molecular weight excluding hydrogens is 246 g/mol. The lowest BCUT2D eigenvalue weighted by Gasteiger charge is -2.41. The molecule has 1 aromatic carbocycles. The molecule has 0 amide bonds. The molecule has 1 N–H and O–H groups in total. The highest BCUT2D eigenvalue weighted by Crippen LogP contribution is 2.45. The summed E-state index contributed by atoms with van der Waals surface area (Å²) >= 11 is 0. The van der Waals surface area contributed by atoms with Crippen molar-refractivity contribution in [1.29, 1.82) is 0 Å². The van der Waals surface area contributed by atoms with Crippen LogP contribution < -0.4 is 0 Å². The van der Waals surface area contributed by atoms with Gasteiger partial charge in [0.15, 0.2) is 0 Å². The van der Waals surface area contributed by atoms with Gasteiger partial charge in [-0.25, -0.2) is 8.78 Å². The average molecular weight is 268 g/mol. The van der Waals surface area contributed by atoms with Gasteiger partial charge in [-0.05, 0) is 54.7 Å². The van der Waals surface area contributed by atoms with Crippen LogP contribution in [0.25, 0.3) is 0 Å². The molecule has 1 aromatic rings. The molecule has 106 valence electrons. The fourth-order valence-corrected chi connectivity index (χ4v) is 3.07. The molecule has 3 heteroatoms. The Labute approximate surface area is 113 Å².